The summed E-state index contributed by atoms with van der Waals surface area (Å²) in [5, 5.41) is 1.20. The number of nitrogens with zero attached hydrogens (tertiary/aromatic N) is 2. The van der Waals surface area contributed by atoms with Crippen LogP contribution in [0.2, 0.25) is 0 Å². The Kier molecular flexibility index (Phi) is 3.58. The van der Waals surface area contributed by atoms with Crippen LogP contribution in [0.4, 0.5) is 5.69 Å². The molecule has 0 radical (unpaired) electrons. The first-order valence-electron chi connectivity index (χ1n) is 8.17. The van der Waals surface area contributed by atoms with Crippen molar-refractivity contribution in [3.63, 3.8) is 0 Å². The summed E-state index contributed by atoms with van der Waals surface area (Å²) in [6.07, 6.45) is 8.70. The fourth-order valence-corrected chi connectivity index (χ4v) is 3.36. The zero-order valence-electron chi connectivity index (χ0n) is 13.4. The summed E-state index contributed by atoms with van der Waals surface area (Å²) in [5.41, 5.74) is 6.36. The molecular weight excluding hydrogens is 280 g/mol. The van der Waals surface area contributed by atoms with Crippen LogP contribution in [0.15, 0.2) is 54.7 Å². The third kappa shape index (κ3) is 2.72. The van der Waals surface area contributed by atoms with E-state index in [1.807, 2.05) is 12.3 Å². The summed E-state index contributed by atoms with van der Waals surface area (Å²) < 4.78 is 0. The minimum Gasteiger partial charge on any atom is -0.374 e. The lowest BCUT2D eigenvalue weighted by atomic mass is 9.99. The molecule has 0 aliphatic carbocycles. The molecule has 2 heteroatoms. The Bertz CT molecular complexity index is 875. The zero-order valence-corrected chi connectivity index (χ0v) is 13.4. The molecule has 2 heterocycles. The minimum absolute atomic E-state index is 1.04. The molecule has 114 valence electrons. The van der Waals surface area contributed by atoms with Crippen LogP contribution in [0.5, 0.6) is 0 Å². The number of pyridine rings is 1. The number of fused-ring (bicyclic) bond motifs is 2. The second kappa shape index (κ2) is 5.88. The van der Waals surface area contributed by atoms with Crippen molar-refractivity contribution >= 4 is 28.7 Å². The minimum atomic E-state index is 1.04. The lowest BCUT2D eigenvalue weighted by Gasteiger charge is -2.27. The van der Waals surface area contributed by atoms with Gasteiger partial charge in [0.15, 0.2) is 0 Å². The van der Waals surface area contributed by atoms with Gasteiger partial charge in [-0.05, 0) is 53.8 Å². The molecule has 0 saturated carbocycles. The first kappa shape index (κ1) is 14.0. The molecule has 0 saturated heterocycles. The smallest absolute Gasteiger partial charge is 0.0707 e. The molecule has 1 aliphatic heterocycles. The van der Waals surface area contributed by atoms with Crippen molar-refractivity contribution in [2.75, 3.05) is 18.5 Å². The Morgan fingerprint density at radius 3 is 2.91 bits per heavy atom. The number of anilines is 1. The summed E-state index contributed by atoms with van der Waals surface area (Å²) >= 11 is 0. The molecular formula is C21H20N2. The van der Waals surface area contributed by atoms with E-state index >= 15 is 0 Å². The molecule has 0 unspecified atom stereocenters. The zero-order chi connectivity index (χ0) is 15.6. The predicted molar refractivity (Wildman–Crippen MR) is 98.7 cm³/mol. The quantitative estimate of drug-likeness (QED) is 0.676. The molecule has 0 fully saturated rings. The van der Waals surface area contributed by atoms with Crippen molar-refractivity contribution in [1.29, 1.82) is 0 Å². The molecule has 0 atom stereocenters. The molecule has 0 N–H and O–H groups in total. The third-order valence-electron chi connectivity index (χ3n) is 4.59. The van der Waals surface area contributed by atoms with Gasteiger partial charge in [0.05, 0.1) is 5.52 Å². The monoisotopic (exact) mass is 300 g/mol. The fourth-order valence-electron chi connectivity index (χ4n) is 3.36. The Labute approximate surface area is 137 Å². The van der Waals surface area contributed by atoms with Crippen molar-refractivity contribution in [3.05, 3.63) is 71.4 Å². The first-order valence-corrected chi connectivity index (χ1v) is 8.17. The summed E-state index contributed by atoms with van der Waals surface area (Å²) in [6.45, 7) is 1.16. The van der Waals surface area contributed by atoms with Gasteiger partial charge in [-0.1, -0.05) is 36.4 Å². The maximum absolute atomic E-state index is 4.42. The molecule has 0 amide bonds. The van der Waals surface area contributed by atoms with Gasteiger partial charge >= 0.3 is 0 Å². The summed E-state index contributed by atoms with van der Waals surface area (Å²) in [4.78, 5) is 6.77. The standard InChI is InChI=1S/C21H20N2/c1-23-14-4-5-18-15-16(9-11-21(18)23)8-10-17-12-13-22-20-7-3-2-6-19(17)20/h2-3,6-13,15H,4-5,14H2,1H3/b10-8-. The number of aromatic nitrogens is 1. The van der Waals surface area contributed by atoms with Gasteiger partial charge < -0.3 is 4.90 Å². The van der Waals surface area contributed by atoms with Crippen molar-refractivity contribution in [1.82, 2.24) is 4.98 Å². The molecule has 1 aromatic heterocycles. The number of hydrogen-bond acceptors (Lipinski definition) is 2. The number of rotatable bonds is 2. The molecule has 2 nitrogen and oxygen atoms in total. The highest BCUT2D eigenvalue weighted by atomic mass is 15.1. The normalized spacial score (nSPS) is 14.4. The largest absolute Gasteiger partial charge is 0.374 e. The van der Waals surface area contributed by atoms with Crippen molar-refractivity contribution < 1.29 is 0 Å². The third-order valence-corrected chi connectivity index (χ3v) is 4.59. The van der Waals surface area contributed by atoms with Gasteiger partial charge in [-0.25, -0.2) is 0 Å². The van der Waals surface area contributed by atoms with Gasteiger partial charge in [0.1, 0.15) is 0 Å². The highest BCUT2D eigenvalue weighted by Crippen LogP contribution is 2.27. The second-order valence-corrected chi connectivity index (χ2v) is 6.16. The maximum atomic E-state index is 4.42. The van der Waals surface area contributed by atoms with Crippen LogP contribution in [0.3, 0.4) is 0 Å². The van der Waals surface area contributed by atoms with Crippen molar-refractivity contribution in [3.8, 4) is 0 Å². The lowest BCUT2D eigenvalue weighted by molar-refractivity contribution is 0.744. The Morgan fingerprint density at radius 1 is 1.04 bits per heavy atom. The van der Waals surface area contributed by atoms with E-state index in [2.05, 4.69) is 71.5 Å². The van der Waals surface area contributed by atoms with E-state index in [0.717, 1.165) is 12.1 Å². The highest BCUT2D eigenvalue weighted by Gasteiger charge is 2.12. The van der Waals surface area contributed by atoms with Crippen LogP contribution < -0.4 is 4.90 Å². The summed E-state index contributed by atoms with van der Waals surface area (Å²) in [5.74, 6) is 0. The highest BCUT2D eigenvalue weighted by molar-refractivity contribution is 5.90. The van der Waals surface area contributed by atoms with E-state index in [0.29, 0.717) is 0 Å². The molecule has 4 rings (SSSR count). The molecule has 23 heavy (non-hydrogen) atoms. The Morgan fingerprint density at radius 2 is 1.96 bits per heavy atom. The van der Waals surface area contributed by atoms with E-state index in [9.17, 15) is 0 Å². The van der Waals surface area contributed by atoms with Gasteiger partial charge in [0, 0.05) is 30.9 Å². The van der Waals surface area contributed by atoms with Gasteiger partial charge in [-0.3, -0.25) is 4.98 Å². The molecule has 2 aromatic carbocycles. The number of benzene rings is 2. The molecule has 3 aromatic rings. The molecule has 0 bridgehead atoms. The molecule has 0 spiro atoms. The van der Waals surface area contributed by atoms with Gasteiger partial charge in [0.2, 0.25) is 0 Å². The van der Waals surface area contributed by atoms with E-state index in [4.69, 9.17) is 0 Å². The number of aryl methyl sites for hydroxylation is 1. The average Bonchev–Trinajstić information content (AvgIpc) is 2.60. The average molecular weight is 300 g/mol. The predicted octanol–water partition coefficient (Wildman–Crippen LogP) is 4.79. The van der Waals surface area contributed by atoms with Crippen LogP contribution in [0, 0.1) is 0 Å². The van der Waals surface area contributed by atoms with E-state index in [1.54, 1.807) is 0 Å². The van der Waals surface area contributed by atoms with E-state index in [-0.39, 0.29) is 0 Å². The van der Waals surface area contributed by atoms with E-state index in [1.165, 1.54) is 40.6 Å². The number of para-hydroxylation sites is 1. The SMILES string of the molecule is CN1CCCc2cc(/C=C\c3ccnc4ccccc34)ccc21. The first-order chi connectivity index (χ1) is 11.3. The Hall–Kier alpha value is -2.61. The fraction of sp³-hybridized carbons (Fsp3) is 0.190. The van der Waals surface area contributed by atoms with Gasteiger partial charge in [-0.2, -0.15) is 0 Å². The lowest BCUT2D eigenvalue weighted by Crippen LogP contribution is -2.24. The van der Waals surface area contributed by atoms with Crippen LogP contribution in [0.25, 0.3) is 23.1 Å². The number of hydrogen-bond donors (Lipinski definition) is 0. The van der Waals surface area contributed by atoms with Crippen LogP contribution in [-0.2, 0) is 6.42 Å². The summed E-state index contributed by atoms with van der Waals surface area (Å²) in [6, 6.07) is 17.1. The van der Waals surface area contributed by atoms with E-state index < -0.39 is 0 Å². The van der Waals surface area contributed by atoms with Crippen LogP contribution in [0.1, 0.15) is 23.1 Å². The topological polar surface area (TPSA) is 16.1 Å². The van der Waals surface area contributed by atoms with Gasteiger partial charge in [-0.15, -0.1) is 0 Å². The van der Waals surface area contributed by atoms with Crippen LogP contribution in [-0.4, -0.2) is 18.6 Å². The van der Waals surface area contributed by atoms with Crippen molar-refractivity contribution in [2.45, 2.75) is 12.8 Å². The summed E-state index contributed by atoms with van der Waals surface area (Å²) in [7, 11) is 2.18. The van der Waals surface area contributed by atoms with Crippen molar-refractivity contribution in [2.24, 2.45) is 0 Å². The van der Waals surface area contributed by atoms with Gasteiger partial charge in [0.25, 0.3) is 0 Å². The maximum Gasteiger partial charge on any atom is 0.0707 e. The molecule has 1 aliphatic rings. The second-order valence-electron chi connectivity index (χ2n) is 6.16. The Balaban J connectivity index is 1.68. The van der Waals surface area contributed by atoms with Crippen LogP contribution >= 0.6 is 0 Å².